The molecule has 2 aromatic heterocycles. The first-order valence-electron chi connectivity index (χ1n) is 10.1. The molecule has 0 radical (unpaired) electrons. The molecular formula is C21H26N6OS. The molecule has 1 N–H and O–H groups in total. The molecule has 7 nitrogen and oxygen atoms in total. The maximum absolute atomic E-state index is 12.6. The van der Waals surface area contributed by atoms with Crippen LogP contribution in [0.1, 0.15) is 49.5 Å². The van der Waals surface area contributed by atoms with Crippen molar-refractivity contribution in [1.29, 1.82) is 0 Å². The highest BCUT2D eigenvalue weighted by molar-refractivity contribution is 7.99. The van der Waals surface area contributed by atoms with Crippen LogP contribution in [0.5, 0.6) is 0 Å². The van der Waals surface area contributed by atoms with Gasteiger partial charge in [-0.2, -0.15) is 5.10 Å². The first-order valence-corrected chi connectivity index (χ1v) is 11.1. The second-order valence-electron chi connectivity index (χ2n) is 7.39. The van der Waals surface area contributed by atoms with Gasteiger partial charge in [0.2, 0.25) is 5.91 Å². The van der Waals surface area contributed by atoms with Gasteiger partial charge < -0.3 is 9.88 Å². The fourth-order valence-corrected chi connectivity index (χ4v) is 4.54. The molecule has 2 heterocycles. The lowest BCUT2D eigenvalue weighted by molar-refractivity contribution is -0.113. The number of aryl methyl sites for hydroxylation is 1. The minimum absolute atomic E-state index is 0.0560. The highest BCUT2D eigenvalue weighted by atomic mass is 32.2. The van der Waals surface area contributed by atoms with Crippen LogP contribution in [0.25, 0.3) is 0 Å². The Hall–Kier alpha value is -2.61. The maximum Gasteiger partial charge on any atom is 0.235 e. The summed E-state index contributed by atoms with van der Waals surface area (Å²) in [6, 6.07) is 12.5. The first kappa shape index (κ1) is 19.7. The summed E-state index contributed by atoms with van der Waals surface area (Å²) < 4.78 is 4.02. The van der Waals surface area contributed by atoms with E-state index in [2.05, 4.69) is 32.7 Å². The quantitative estimate of drug-likeness (QED) is 0.594. The van der Waals surface area contributed by atoms with E-state index in [0.717, 1.165) is 29.6 Å². The van der Waals surface area contributed by atoms with Crippen molar-refractivity contribution in [3.8, 4) is 0 Å². The van der Waals surface area contributed by atoms with Gasteiger partial charge in [0.25, 0.3) is 0 Å². The number of benzene rings is 1. The zero-order valence-corrected chi connectivity index (χ0v) is 17.4. The van der Waals surface area contributed by atoms with Crippen LogP contribution in [0.15, 0.2) is 47.8 Å². The van der Waals surface area contributed by atoms with E-state index in [-0.39, 0.29) is 11.7 Å². The number of hydrogen-bond acceptors (Lipinski definition) is 5. The van der Waals surface area contributed by atoms with Gasteiger partial charge in [-0.3, -0.25) is 4.79 Å². The Morgan fingerprint density at radius 2 is 1.93 bits per heavy atom. The van der Waals surface area contributed by atoms with Crippen molar-refractivity contribution in [3.63, 3.8) is 0 Å². The van der Waals surface area contributed by atoms with E-state index < -0.39 is 0 Å². The molecule has 0 atom stereocenters. The van der Waals surface area contributed by atoms with E-state index in [4.69, 9.17) is 0 Å². The van der Waals surface area contributed by atoms with E-state index >= 15 is 0 Å². The number of rotatable bonds is 7. The predicted molar refractivity (Wildman–Crippen MR) is 114 cm³/mol. The summed E-state index contributed by atoms with van der Waals surface area (Å²) in [5, 5.41) is 16.7. The number of anilines is 1. The molecule has 0 unspecified atom stereocenters. The highest BCUT2D eigenvalue weighted by Crippen LogP contribution is 2.30. The highest BCUT2D eigenvalue weighted by Gasteiger charge is 2.19. The number of carbonyl (C=O) groups excluding carboxylic acids is 1. The van der Waals surface area contributed by atoms with Gasteiger partial charge in [0.1, 0.15) is 11.6 Å². The second kappa shape index (κ2) is 9.26. The molecule has 1 aliphatic rings. The number of hydrogen-bond donors (Lipinski definition) is 1. The van der Waals surface area contributed by atoms with Gasteiger partial charge >= 0.3 is 0 Å². The van der Waals surface area contributed by atoms with Gasteiger partial charge in [-0.25, -0.2) is 4.68 Å². The molecule has 0 spiro atoms. The lowest BCUT2D eigenvalue weighted by Crippen LogP contribution is -2.21. The number of carbonyl (C=O) groups is 1. The molecule has 1 amide bonds. The van der Waals surface area contributed by atoms with Crippen LogP contribution >= 0.6 is 11.8 Å². The van der Waals surface area contributed by atoms with Crippen LogP contribution in [0.4, 0.5) is 5.82 Å². The summed E-state index contributed by atoms with van der Waals surface area (Å²) in [6.45, 7) is 2.63. The van der Waals surface area contributed by atoms with Crippen LogP contribution in [0.3, 0.4) is 0 Å². The molecule has 152 valence electrons. The standard InChI is InChI=1S/C21H26N6OS/c1-16-24-25-21(26(16)14-17-8-4-2-5-9-17)29-15-20(28)23-19-12-13-22-27(19)18-10-6-3-7-11-18/h2,4-5,8-9,12-13,18H,3,6-7,10-11,14-15H2,1H3,(H,23,28). The summed E-state index contributed by atoms with van der Waals surface area (Å²) in [4.78, 5) is 12.6. The maximum atomic E-state index is 12.6. The summed E-state index contributed by atoms with van der Waals surface area (Å²) in [5.41, 5.74) is 1.18. The fourth-order valence-electron chi connectivity index (χ4n) is 3.76. The Balaban J connectivity index is 1.37. The minimum atomic E-state index is -0.0560. The van der Waals surface area contributed by atoms with Gasteiger partial charge in [0.15, 0.2) is 5.16 Å². The van der Waals surface area contributed by atoms with Crippen LogP contribution in [-0.2, 0) is 11.3 Å². The third kappa shape index (κ3) is 4.87. The lowest BCUT2D eigenvalue weighted by atomic mass is 9.96. The monoisotopic (exact) mass is 410 g/mol. The zero-order valence-electron chi connectivity index (χ0n) is 16.6. The summed E-state index contributed by atoms with van der Waals surface area (Å²) in [5.74, 6) is 1.85. The van der Waals surface area contributed by atoms with Crippen LogP contribution < -0.4 is 5.32 Å². The van der Waals surface area contributed by atoms with Gasteiger partial charge in [-0.1, -0.05) is 61.4 Å². The van der Waals surface area contributed by atoms with Crippen molar-refractivity contribution in [1.82, 2.24) is 24.5 Å². The van der Waals surface area contributed by atoms with Crippen molar-refractivity contribution in [2.75, 3.05) is 11.1 Å². The van der Waals surface area contributed by atoms with Crippen molar-refractivity contribution in [2.24, 2.45) is 0 Å². The second-order valence-corrected chi connectivity index (χ2v) is 8.33. The first-order chi connectivity index (χ1) is 14.2. The summed E-state index contributed by atoms with van der Waals surface area (Å²) in [7, 11) is 0. The normalized spacial score (nSPS) is 14.8. The molecule has 1 aliphatic carbocycles. The van der Waals surface area contributed by atoms with Gasteiger partial charge in [0.05, 0.1) is 24.5 Å². The van der Waals surface area contributed by atoms with Gasteiger partial charge in [-0.05, 0) is 25.3 Å². The Kier molecular flexibility index (Phi) is 6.29. The molecule has 1 fully saturated rings. The van der Waals surface area contributed by atoms with E-state index in [1.54, 1.807) is 6.20 Å². The lowest BCUT2D eigenvalue weighted by Gasteiger charge is -2.23. The molecule has 29 heavy (non-hydrogen) atoms. The third-order valence-electron chi connectivity index (χ3n) is 5.28. The van der Waals surface area contributed by atoms with Gasteiger partial charge in [0, 0.05) is 6.07 Å². The van der Waals surface area contributed by atoms with E-state index in [0.29, 0.717) is 12.6 Å². The Morgan fingerprint density at radius 1 is 1.14 bits per heavy atom. The van der Waals surface area contributed by atoms with E-state index in [9.17, 15) is 4.79 Å². The number of amides is 1. The Bertz CT molecular complexity index is 945. The summed E-state index contributed by atoms with van der Waals surface area (Å²) in [6.07, 6.45) is 7.76. The predicted octanol–water partition coefficient (Wildman–Crippen LogP) is 4.07. The Morgan fingerprint density at radius 3 is 2.72 bits per heavy atom. The van der Waals surface area contributed by atoms with E-state index in [1.165, 1.54) is 36.6 Å². The molecule has 1 aromatic carbocycles. The van der Waals surface area contributed by atoms with Crippen molar-refractivity contribution >= 4 is 23.5 Å². The SMILES string of the molecule is Cc1nnc(SCC(=O)Nc2ccnn2C2CCCCC2)n1Cc1ccccc1. The molecule has 0 bridgehead atoms. The molecule has 0 aliphatic heterocycles. The van der Waals surface area contributed by atoms with Crippen molar-refractivity contribution in [2.45, 2.75) is 56.8 Å². The van der Waals surface area contributed by atoms with Crippen molar-refractivity contribution < 1.29 is 4.79 Å². The largest absolute Gasteiger partial charge is 0.310 e. The molecule has 4 rings (SSSR count). The average molecular weight is 411 g/mol. The zero-order chi connectivity index (χ0) is 20.1. The van der Waals surface area contributed by atoms with Crippen molar-refractivity contribution in [3.05, 3.63) is 54.0 Å². The molecule has 8 heteroatoms. The molecule has 0 saturated heterocycles. The summed E-state index contributed by atoms with van der Waals surface area (Å²) >= 11 is 1.41. The molecular weight excluding hydrogens is 384 g/mol. The van der Waals surface area contributed by atoms with Crippen LogP contribution in [-0.4, -0.2) is 36.2 Å². The number of nitrogens with one attached hydrogen (secondary N) is 1. The smallest absolute Gasteiger partial charge is 0.235 e. The fraction of sp³-hybridized carbons (Fsp3) is 0.429. The minimum Gasteiger partial charge on any atom is -0.310 e. The number of thioether (sulfide) groups is 1. The van der Waals surface area contributed by atoms with Crippen LogP contribution in [0, 0.1) is 6.92 Å². The number of aromatic nitrogens is 5. The third-order valence-corrected chi connectivity index (χ3v) is 6.24. The Labute approximate surface area is 174 Å². The van der Waals surface area contributed by atoms with Crippen LogP contribution in [0.2, 0.25) is 0 Å². The average Bonchev–Trinajstić information content (AvgIpc) is 3.35. The van der Waals surface area contributed by atoms with E-state index in [1.807, 2.05) is 40.4 Å². The topological polar surface area (TPSA) is 77.6 Å². The van der Waals surface area contributed by atoms with Gasteiger partial charge in [-0.15, -0.1) is 10.2 Å². The molecule has 3 aromatic rings. The molecule has 1 saturated carbocycles. The number of nitrogens with zero attached hydrogens (tertiary/aromatic N) is 5.